The number of carboxylic acids is 1. The number of likely N-dealkylation sites (tertiary alicyclic amines) is 1. The SMILES string of the molecule is Cn1ccnc1CN1CC[C@H](n2c(=O)n(-c3ccc(-c4ccc(C(=O)O)cc4)cc3)c3cccnc32)C1. The van der Waals surface area contributed by atoms with Gasteiger partial charge >= 0.3 is 11.7 Å². The lowest BCUT2D eigenvalue weighted by Gasteiger charge is -2.16. The molecule has 1 N–H and O–H groups in total. The van der Waals surface area contributed by atoms with E-state index in [1.807, 2.05) is 58.8 Å². The van der Waals surface area contributed by atoms with E-state index in [9.17, 15) is 9.59 Å². The summed E-state index contributed by atoms with van der Waals surface area (Å²) in [5.41, 5.74) is 4.21. The van der Waals surface area contributed by atoms with Gasteiger partial charge in [-0.3, -0.25) is 14.0 Å². The van der Waals surface area contributed by atoms with Crippen molar-refractivity contribution in [2.45, 2.75) is 19.0 Å². The van der Waals surface area contributed by atoms with Crippen molar-refractivity contribution in [2.24, 2.45) is 7.05 Å². The summed E-state index contributed by atoms with van der Waals surface area (Å²) in [7, 11) is 1.99. The van der Waals surface area contributed by atoms with E-state index in [1.165, 1.54) is 0 Å². The average molecular weight is 495 g/mol. The minimum atomic E-state index is -0.951. The number of carbonyl (C=O) groups is 1. The number of hydrogen-bond acceptors (Lipinski definition) is 5. The van der Waals surface area contributed by atoms with Gasteiger partial charge in [-0.05, 0) is 53.9 Å². The molecule has 1 aliphatic heterocycles. The summed E-state index contributed by atoms with van der Waals surface area (Å²) in [6, 6.07) is 18.3. The number of fused-ring (bicyclic) bond motifs is 1. The quantitative estimate of drug-likeness (QED) is 0.386. The van der Waals surface area contributed by atoms with Crippen LogP contribution in [0.15, 0.2) is 84.0 Å². The van der Waals surface area contributed by atoms with E-state index < -0.39 is 5.97 Å². The van der Waals surface area contributed by atoms with Gasteiger partial charge in [0, 0.05) is 38.7 Å². The maximum atomic E-state index is 13.8. The second-order valence-electron chi connectivity index (χ2n) is 9.40. The van der Waals surface area contributed by atoms with Crippen molar-refractivity contribution in [1.29, 1.82) is 0 Å². The van der Waals surface area contributed by atoms with Gasteiger partial charge in [-0.15, -0.1) is 0 Å². The highest BCUT2D eigenvalue weighted by Gasteiger charge is 2.29. The highest BCUT2D eigenvalue weighted by Crippen LogP contribution is 2.27. The first-order chi connectivity index (χ1) is 18.0. The lowest BCUT2D eigenvalue weighted by molar-refractivity contribution is 0.0697. The van der Waals surface area contributed by atoms with Crippen LogP contribution in [-0.2, 0) is 13.6 Å². The third-order valence-electron chi connectivity index (χ3n) is 7.12. The number of carboxylic acid groups (broad SMARTS) is 1. The van der Waals surface area contributed by atoms with Crippen LogP contribution in [0.4, 0.5) is 0 Å². The Hall–Kier alpha value is -4.50. The smallest absolute Gasteiger partial charge is 0.335 e. The first-order valence-electron chi connectivity index (χ1n) is 12.2. The molecule has 1 saturated heterocycles. The Morgan fingerprint density at radius 2 is 1.73 bits per heavy atom. The number of aryl methyl sites for hydroxylation is 1. The summed E-state index contributed by atoms with van der Waals surface area (Å²) in [6.07, 6.45) is 6.35. The molecule has 37 heavy (non-hydrogen) atoms. The maximum Gasteiger partial charge on any atom is 0.335 e. The fourth-order valence-electron chi connectivity index (χ4n) is 5.15. The number of nitrogens with zero attached hydrogens (tertiary/aromatic N) is 6. The highest BCUT2D eigenvalue weighted by molar-refractivity contribution is 5.88. The zero-order valence-corrected chi connectivity index (χ0v) is 20.4. The van der Waals surface area contributed by atoms with Crippen molar-refractivity contribution in [3.63, 3.8) is 0 Å². The summed E-state index contributed by atoms with van der Waals surface area (Å²) in [6.45, 7) is 2.39. The Kier molecular flexibility index (Phi) is 5.69. The average Bonchev–Trinajstić information content (AvgIpc) is 3.61. The molecular weight excluding hydrogens is 468 g/mol. The van der Waals surface area contributed by atoms with Gasteiger partial charge in [0.2, 0.25) is 0 Å². The molecule has 0 spiro atoms. The van der Waals surface area contributed by atoms with E-state index >= 15 is 0 Å². The van der Waals surface area contributed by atoms with E-state index in [4.69, 9.17) is 5.11 Å². The number of aromatic nitrogens is 5. The van der Waals surface area contributed by atoms with Gasteiger partial charge in [0.15, 0.2) is 5.65 Å². The topological polar surface area (TPSA) is 98.2 Å². The van der Waals surface area contributed by atoms with Crippen LogP contribution in [0.25, 0.3) is 28.0 Å². The molecule has 9 nitrogen and oxygen atoms in total. The highest BCUT2D eigenvalue weighted by atomic mass is 16.4. The van der Waals surface area contributed by atoms with Crippen LogP contribution < -0.4 is 5.69 Å². The second kappa shape index (κ2) is 9.18. The third-order valence-corrected chi connectivity index (χ3v) is 7.12. The molecule has 0 amide bonds. The first kappa shape index (κ1) is 22.9. The largest absolute Gasteiger partial charge is 0.478 e. The van der Waals surface area contributed by atoms with E-state index in [1.54, 1.807) is 41.2 Å². The molecule has 0 aliphatic carbocycles. The van der Waals surface area contributed by atoms with Crippen molar-refractivity contribution < 1.29 is 9.90 Å². The molecule has 2 aromatic carbocycles. The monoisotopic (exact) mass is 494 g/mol. The Balaban J connectivity index is 1.32. The van der Waals surface area contributed by atoms with E-state index in [-0.39, 0.29) is 17.3 Å². The second-order valence-corrected chi connectivity index (χ2v) is 9.40. The number of imidazole rings is 2. The van der Waals surface area contributed by atoms with Gasteiger partial charge in [-0.25, -0.2) is 19.6 Å². The molecule has 3 aromatic heterocycles. The van der Waals surface area contributed by atoms with Crippen LogP contribution in [0, 0.1) is 0 Å². The van der Waals surface area contributed by atoms with Gasteiger partial charge in [-0.1, -0.05) is 24.3 Å². The molecular formula is C28H26N6O3. The van der Waals surface area contributed by atoms with Gasteiger partial charge in [0.25, 0.3) is 0 Å². The molecule has 0 unspecified atom stereocenters. The molecule has 186 valence electrons. The Morgan fingerprint density at radius 1 is 1.00 bits per heavy atom. The molecule has 6 rings (SSSR count). The van der Waals surface area contributed by atoms with Crippen LogP contribution in [-0.4, -0.2) is 52.7 Å². The molecule has 0 saturated carbocycles. The van der Waals surface area contributed by atoms with Crippen molar-refractivity contribution in [1.82, 2.24) is 28.6 Å². The Labute approximate surface area is 212 Å². The summed E-state index contributed by atoms with van der Waals surface area (Å²) in [5.74, 6) is 0.0551. The predicted molar refractivity (Wildman–Crippen MR) is 140 cm³/mol. The molecule has 1 fully saturated rings. The Bertz CT molecular complexity index is 1650. The lowest BCUT2D eigenvalue weighted by atomic mass is 10.0. The zero-order valence-electron chi connectivity index (χ0n) is 20.4. The van der Waals surface area contributed by atoms with E-state index in [0.717, 1.165) is 54.2 Å². The zero-order chi connectivity index (χ0) is 25.5. The maximum absolute atomic E-state index is 13.8. The van der Waals surface area contributed by atoms with E-state index in [0.29, 0.717) is 5.65 Å². The molecule has 0 bridgehead atoms. The van der Waals surface area contributed by atoms with Gasteiger partial charge in [0.05, 0.1) is 29.4 Å². The number of aromatic carboxylic acids is 1. The minimum absolute atomic E-state index is 0.0263. The number of benzene rings is 2. The molecule has 5 aromatic rings. The fourth-order valence-corrected chi connectivity index (χ4v) is 5.15. The third kappa shape index (κ3) is 4.13. The van der Waals surface area contributed by atoms with Crippen LogP contribution in [0.3, 0.4) is 0 Å². The predicted octanol–water partition coefficient (Wildman–Crippen LogP) is 3.73. The van der Waals surface area contributed by atoms with Crippen molar-refractivity contribution in [3.05, 3.63) is 101 Å². The number of rotatable bonds is 6. The normalized spacial score (nSPS) is 16.0. The lowest BCUT2D eigenvalue weighted by Crippen LogP contribution is -2.29. The summed E-state index contributed by atoms with van der Waals surface area (Å²) < 4.78 is 5.59. The van der Waals surface area contributed by atoms with Crippen LogP contribution >= 0.6 is 0 Å². The Morgan fingerprint density at radius 3 is 2.41 bits per heavy atom. The van der Waals surface area contributed by atoms with Gasteiger partial charge in [-0.2, -0.15) is 0 Å². The minimum Gasteiger partial charge on any atom is -0.478 e. The first-order valence-corrected chi connectivity index (χ1v) is 12.2. The van der Waals surface area contributed by atoms with Crippen molar-refractivity contribution >= 4 is 17.1 Å². The van der Waals surface area contributed by atoms with Gasteiger partial charge < -0.3 is 9.67 Å². The van der Waals surface area contributed by atoms with Crippen LogP contribution in [0.1, 0.15) is 28.6 Å². The standard InChI is InChI=1S/C28H26N6O3/c1-31-16-14-29-25(31)18-32-15-12-23(17-32)34-26-24(3-2-13-30-26)33(28(34)37)22-10-8-20(9-11-22)19-4-6-21(7-5-19)27(35)36/h2-11,13-14,16,23H,12,15,17-18H2,1H3,(H,35,36)/t23-/m0/s1. The number of pyridine rings is 1. The summed E-state index contributed by atoms with van der Waals surface area (Å²) in [5, 5.41) is 9.14. The van der Waals surface area contributed by atoms with Crippen molar-refractivity contribution in [3.8, 4) is 16.8 Å². The molecule has 1 atom stereocenters. The fraction of sp³-hybridized carbons (Fsp3) is 0.214. The number of hydrogen-bond donors (Lipinski definition) is 1. The summed E-state index contributed by atoms with van der Waals surface area (Å²) >= 11 is 0. The van der Waals surface area contributed by atoms with Crippen LogP contribution in [0.2, 0.25) is 0 Å². The van der Waals surface area contributed by atoms with Gasteiger partial charge in [0.1, 0.15) is 5.82 Å². The molecule has 1 aliphatic rings. The van der Waals surface area contributed by atoms with Crippen LogP contribution in [0.5, 0.6) is 0 Å². The molecule has 9 heteroatoms. The summed E-state index contributed by atoms with van der Waals surface area (Å²) in [4.78, 5) is 36.3. The molecule has 0 radical (unpaired) electrons. The van der Waals surface area contributed by atoms with Crippen molar-refractivity contribution in [2.75, 3.05) is 13.1 Å². The molecule has 4 heterocycles. The van der Waals surface area contributed by atoms with E-state index in [2.05, 4.69) is 14.9 Å².